The molecule has 1 aliphatic rings. The Labute approximate surface area is 180 Å². The molecule has 2 aromatic rings. The SMILES string of the molecule is Cc1ccc(C)c(S(=O)(=O)N(CCc2ccccc2)CC(=O)NC2CCCCC2)c1. The Morgan fingerprint density at radius 2 is 1.73 bits per heavy atom. The van der Waals surface area contributed by atoms with Gasteiger partial charge in [-0.2, -0.15) is 4.31 Å². The number of carbonyl (C=O) groups is 1. The number of hydrogen-bond acceptors (Lipinski definition) is 3. The minimum absolute atomic E-state index is 0.154. The van der Waals surface area contributed by atoms with E-state index in [1.54, 1.807) is 13.0 Å². The Hall–Kier alpha value is -2.18. The van der Waals surface area contributed by atoms with Gasteiger partial charge in [-0.3, -0.25) is 4.79 Å². The van der Waals surface area contributed by atoms with Crippen molar-refractivity contribution in [1.82, 2.24) is 9.62 Å². The third-order valence-electron chi connectivity index (χ3n) is 5.74. The molecule has 6 heteroatoms. The highest BCUT2D eigenvalue weighted by atomic mass is 32.2. The van der Waals surface area contributed by atoms with E-state index in [4.69, 9.17) is 0 Å². The number of carbonyl (C=O) groups excluding carboxylic acids is 1. The van der Waals surface area contributed by atoms with Crippen molar-refractivity contribution < 1.29 is 13.2 Å². The molecule has 0 spiro atoms. The van der Waals surface area contributed by atoms with Crippen molar-refractivity contribution in [2.24, 2.45) is 0 Å². The van der Waals surface area contributed by atoms with Crippen LogP contribution in [0.3, 0.4) is 0 Å². The Kier molecular flexibility index (Phi) is 7.67. The smallest absolute Gasteiger partial charge is 0.243 e. The van der Waals surface area contributed by atoms with E-state index >= 15 is 0 Å². The van der Waals surface area contributed by atoms with Crippen LogP contribution in [-0.2, 0) is 21.2 Å². The molecule has 0 aromatic heterocycles. The standard InChI is InChI=1S/C24H32N2O3S/c1-19-13-14-20(2)23(17-19)30(28,29)26(16-15-21-9-5-3-6-10-21)18-24(27)25-22-11-7-4-8-12-22/h3,5-6,9-10,13-14,17,22H,4,7-8,11-12,15-16,18H2,1-2H3,(H,25,27). The van der Waals surface area contributed by atoms with Gasteiger partial charge in [0.15, 0.2) is 0 Å². The van der Waals surface area contributed by atoms with Crippen LogP contribution in [0.4, 0.5) is 0 Å². The van der Waals surface area contributed by atoms with Crippen molar-refractivity contribution in [2.75, 3.05) is 13.1 Å². The van der Waals surface area contributed by atoms with Crippen LogP contribution >= 0.6 is 0 Å². The zero-order chi connectivity index (χ0) is 21.6. The summed E-state index contributed by atoms with van der Waals surface area (Å²) >= 11 is 0. The molecule has 2 aromatic carbocycles. The van der Waals surface area contributed by atoms with Crippen LogP contribution < -0.4 is 5.32 Å². The number of nitrogens with one attached hydrogen (secondary N) is 1. The highest BCUT2D eigenvalue weighted by Crippen LogP contribution is 2.22. The normalized spacial score (nSPS) is 15.3. The summed E-state index contributed by atoms with van der Waals surface area (Å²) in [5.41, 5.74) is 2.62. The fraction of sp³-hybridized carbons (Fsp3) is 0.458. The lowest BCUT2D eigenvalue weighted by Crippen LogP contribution is -2.45. The van der Waals surface area contributed by atoms with Gasteiger partial charge >= 0.3 is 0 Å². The van der Waals surface area contributed by atoms with Gasteiger partial charge in [-0.15, -0.1) is 0 Å². The number of sulfonamides is 1. The van der Waals surface area contributed by atoms with E-state index in [0.29, 0.717) is 12.0 Å². The maximum absolute atomic E-state index is 13.5. The summed E-state index contributed by atoms with van der Waals surface area (Å²) in [6.07, 6.45) is 5.93. The van der Waals surface area contributed by atoms with Crippen LogP contribution in [0.2, 0.25) is 0 Å². The minimum atomic E-state index is -3.79. The first-order valence-electron chi connectivity index (χ1n) is 10.8. The van der Waals surface area contributed by atoms with Crippen molar-refractivity contribution >= 4 is 15.9 Å². The molecule has 1 amide bonds. The monoisotopic (exact) mass is 428 g/mol. The van der Waals surface area contributed by atoms with E-state index in [9.17, 15) is 13.2 Å². The summed E-state index contributed by atoms with van der Waals surface area (Å²) in [4.78, 5) is 13.0. The van der Waals surface area contributed by atoms with E-state index in [2.05, 4.69) is 5.32 Å². The Bertz CT molecular complexity index is 952. The fourth-order valence-electron chi connectivity index (χ4n) is 3.99. The molecule has 1 N–H and O–H groups in total. The van der Waals surface area contributed by atoms with Crippen LogP contribution in [0.1, 0.15) is 48.8 Å². The van der Waals surface area contributed by atoms with E-state index in [0.717, 1.165) is 36.8 Å². The van der Waals surface area contributed by atoms with E-state index < -0.39 is 10.0 Å². The zero-order valence-electron chi connectivity index (χ0n) is 17.9. The Morgan fingerprint density at radius 1 is 1.03 bits per heavy atom. The first-order valence-corrected chi connectivity index (χ1v) is 12.2. The first kappa shape index (κ1) is 22.5. The Balaban J connectivity index is 1.80. The maximum atomic E-state index is 13.5. The first-order chi connectivity index (χ1) is 14.4. The summed E-state index contributed by atoms with van der Waals surface area (Å²) in [5, 5.41) is 3.05. The second-order valence-corrected chi connectivity index (χ2v) is 10.2. The van der Waals surface area contributed by atoms with Gasteiger partial charge in [0.25, 0.3) is 0 Å². The molecule has 30 heavy (non-hydrogen) atoms. The third kappa shape index (κ3) is 5.92. The molecule has 0 atom stereocenters. The minimum Gasteiger partial charge on any atom is -0.352 e. The van der Waals surface area contributed by atoms with Gasteiger partial charge < -0.3 is 5.32 Å². The van der Waals surface area contributed by atoms with Gasteiger partial charge in [0.05, 0.1) is 11.4 Å². The predicted octanol–water partition coefficient (Wildman–Crippen LogP) is 3.99. The quantitative estimate of drug-likeness (QED) is 0.691. The van der Waals surface area contributed by atoms with Gasteiger partial charge in [0, 0.05) is 12.6 Å². The summed E-state index contributed by atoms with van der Waals surface area (Å²) in [6.45, 7) is 3.78. The Morgan fingerprint density at radius 3 is 2.43 bits per heavy atom. The van der Waals surface area contributed by atoms with Crippen LogP contribution in [0.15, 0.2) is 53.4 Å². The second-order valence-electron chi connectivity index (χ2n) is 8.25. The summed E-state index contributed by atoms with van der Waals surface area (Å²) in [7, 11) is -3.79. The average Bonchev–Trinajstić information content (AvgIpc) is 2.74. The maximum Gasteiger partial charge on any atom is 0.243 e. The molecule has 0 aliphatic heterocycles. The van der Waals surface area contributed by atoms with Gasteiger partial charge in [0.2, 0.25) is 15.9 Å². The summed E-state index contributed by atoms with van der Waals surface area (Å²) in [5.74, 6) is -0.219. The van der Waals surface area contributed by atoms with E-state index in [1.807, 2.05) is 49.4 Å². The highest BCUT2D eigenvalue weighted by molar-refractivity contribution is 7.89. The number of benzene rings is 2. The second kappa shape index (κ2) is 10.2. The number of nitrogens with zero attached hydrogens (tertiary/aromatic N) is 1. The molecule has 0 saturated heterocycles. The molecule has 1 aliphatic carbocycles. The van der Waals surface area contributed by atoms with Crippen molar-refractivity contribution in [3.05, 3.63) is 65.2 Å². The van der Waals surface area contributed by atoms with E-state index in [-0.39, 0.29) is 29.9 Å². The van der Waals surface area contributed by atoms with Crippen LogP contribution in [0, 0.1) is 13.8 Å². The van der Waals surface area contributed by atoms with Crippen molar-refractivity contribution in [3.63, 3.8) is 0 Å². The topological polar surface area (TPSA) is 66.5 Å². The molecule has 0 unspecified atom stereocenters. The molecule has 0 heterocycles. The number of amides is 1. The molecule has 0 radical (unpaired) electrons. The third-order valence-corrected chi connectivity index (χ3v) is 7.73. The average molecular weight is 429 g/mol. The lowest BCUT2D eigenvalue weighted by Gasteiger charge is -2.26. The fourth-order valence-corrected chi connectivity index (χ4v) is 5.69. The van der Waals surface area contributed by atoms with Crippen molar-refractivity contribution in [2.45, 2.75) is 63.3 Å². The lowest BCUT2D eigenvalue weighted by molar-refractivity contribution is -0.122. The van der Waals surface area contributed by atoms with Gasteiger partial charge in [-0.25, -0.2) is 8.42 Å². The number of rotatable bonds is 8. The molecule has 5 nitrogen and oxygen atoms in total. The van der Waals surface area contributed by atoms with Gasteiger partial charge in [0.1, 0.15) is 0 Å². The van der Waals surface area contributed by atoms with Gasteiger partial charge in [-0.1, -0.05) is 61.7 Å². The molecular formula is C24H32N2O3S. The lowest BCUT2D eigenvalue weighted by atomic mass is 9.95. The van der Waals surface area contributed by atoms with Gasteiger partial charge in [-0.05, 0) is 55.9 Å². The molecular weight excluding hydrogens is 396 g/mol. The highest BCUT2D eigenvalue weighted by Gasteiger charge is 2.29. The predicted molar refractivity (Wildman–Crippen MR) is 120 cm³/mol. The molecule has 0 bridgehead atoms. The largest absolute Gasteiger partial charge is 0.352 e. The van der Waals surface area contributed by atoms with Crippen molar-refractivity contribution in [1.29, 1.82) is 0 Å². The van der Waals surface area contributed by atoms with E-state index in [1.165, 1.54) is 10.7 Å². The van der Waals surface area contributed by atoms with Crippen molar-refractivity contribution in [3.8, 4) is 0 Å². The molecule has 1 fully saturated rings. The summed E-state index contributed by atoms with van der Waals surface area (Å²) < 4.78 is 28.3. The number of aryl methyl sites for hydroxylation is 2. The molecule has 3 rings (SSSR count). The molecule has 162 valence electrons. The van der Waals surface area contributed by atoms with Crippen LogP contribution in [0.25, 0.3) is 0 Å². The molecule has 1 saturated carbocycles. The zero-order valence-corrected chi connectivity index (χ0v) is 18.7. The van der Waals surface area contributed by atoms with Crippen LogP contribution in [0.5, 0.6) is 0 Å². The summed E-state index contributed by atoms with van der Waals surface area (Å²) in [6, 6.07) is 15.3. The number of hydrogen-bond donors (Lipinski definition) is 1. The van der Waals surface area contributed by atoms with Crippen LogP contribution in [-0.4, -0.2) is 37.8 Å².